The zero-order valence-corrected chi connectivity index (χ0v) is 13.0. The van der Waals surface area contributed by atoms with Crippen molar-refractivity contribution >= 4 is 17.2 Å². The van der Waals surface area contributed by atoms with Crippen LogP contribution in [0.5, 0.6) is 0 Å². The van der Waals surface area contributed by atoms with Gasteiger partial charge in [0.15, 0.2) is 0 Å². The maximum absolute atomic E-state index is 12.3. The zero-order valence-electron chi connectivity index (χ0n) is 12.2. The van der Waals surface area contributed by atoms with E-state index in [1.165, 1.54) is 22.3 Å². The van der Waals surface area contributed by atoms with Crippen LogP contribution in [0.1, 0.15) is 27.8 Å². The van der Waals surface area contributed by atoms with Crippen LogP contribution in [0.4, 0.5) is 0 Å². The summed E-state index contributed by atoms with van der Waals surface area (Å²) in [7, 11) is 0. The molecule has 0 aliphatic rings. The average molecular weight is 329 g/mol. The molecule has 0 radical (unpaired) electrons. The minimum Gasteiger partial charge on any atom is -0.388 e. The van der Waals surface area contributed by atoms with Gasteiger partial charge in [-0.3, -0.25) is 4.79 Å². The van der Waals surface area contributed by atoms with Gasteiger partial charge in [-0.1, -0.05) is 30.3 Å². The third-order valence-corrected chi connectivity index (χ3v) is 4.24. The molecule has 3 aromatic rings. The summed E-state index contributed by atoms with van der Waals surface area (Å²) in [5, 5.41) is 25.6. The standard InChI is InChI=1S/C15H15N5O2S/c21-13(11-4-2-1-3-5-11)6-8-16-15(22)14-12(7-9-23-14)20-10-17-18-19-20/h1-5,7,9-10,13,21H,6,8H2,(H,16,22). The zero-order chi connectivity index (χ0) is 16.1. The van der Waals surface area contributed by atoms with Crippen LogP contribution in [0.25, 0.3) is 5.69 Å². The highest BCUT2D eigenvalue weighted by Gasteiger charge is 2.16. The molecule has 0 bridgehead atoms. The molecule has 0 aliphatic carbocycles. The Bertz CT molecular complexity index is 757. The molecule has 0 fully saturated rings. The second kappa shape index (κ2) is 7.12. The number of nitrogens with one attached hydrogen (secondary N) is 1. The van der Waals surface area contributed by atoms with Crippen LogP contribution < -0.4 is 5.32 Å². The molecule has 0 aliphatic heterocycles. The fourth-order valence-electron chi connectivity index (χ4n) is 2.17. The van der Waals surface area contributed by atoms with Crippen LogP contribution in [0, 0.1) is 0 Å². The lowest BCUT2D eigenvalue weighted by atomic mass is 10.1. The Morgan fingerprint density at radius 1 is 1.30 bits per heavy atom. The van der Waals surface area contributed by atoms with Gasteiger partial charge in [0.25, 0.3) is 5.91 Å². The molecule has 1 unspecified atom stereocenters. The summed E-state index contributed by atoms with van der Waals surface area (Å²) in [4.78, 5) is 12.8. The van der Waals surface area contributed by atoms with Gasteiger partial charge in [-0.15, -0.1) is 16.4 Å². The maximum atomic E-state index is 12.3. The number of hydrogen-bond donors (Lipinski definition) is 2. The van der Waals surface area contributed by atoms with E-state index in [-0.39, 0.29) is 5.91 Å². The fourth-order valence-corrected chi connectivity index (χ4v) is 2.96. The van der Waals surface area contributed by atoms with Crippen LogP contribution in [0.2, 0.25) is 0 Å². The normalized spacial score (nSPS) is 12.0. The minimum absolute atomic E-state index is 0.203. The van der Waals surface area contributed by atoms with E-state index in [2.05, 4.69) is 20.8 Å². The Labute approximate surface area is 136 Å². The van der Waals surface area contributed by atoms with Gasteiger partial charge in [0.1, 0.15) is 11.2 Å². The number of aliphatic hydroxyl groups excluding tert-OH is 1. The fraction of sp³-hybridized carbons (Fsp3) is 0.200. The monoisotopic (exact) mass is 329 g/mol. The molecule has 2 heterocycles. The molecule has 118 valence electrons. The molecule has 23 heavy (non-hydrogen) atoms. The third-order valence-electron chi connectivity index (χ3n) is 3.33. The molecule has 2 aromatic heterocycles. The first-order chi connectivity index (χ1) is 11.3. The van der Waals surface area contributed by atoms with Gasteiger partial charge in [0.05, 0.1) is 11.8 Å². The van der Waals surface area contributed by atoms with E-state index in [0.717, 1.165) is 5.56 Å². The van der Waals surface area contributed by atoms with Gasteiger partial charge in [-0.2, -0.15) is 4.68 Å². The summed E-state index contributed by atoms with van der Waals surface area (Å²) in [5.74, 6) is -0.203. The van der Waals surface area contributed by atoms with Gasteiger partial charge < -0.3 is 10.4 Å². The summed E-state index contributed by atoms with van der Waals surface area (Å²) >= 11 is 1.32. The van der Waals surface area contributed by atoms with Crippen molar-refractivity contribution in [2.45, 2.75) is 12.5 Å². The van der Waals surface area contributed by atoms with Crippen molar-refractivity contribution in [3.05, 3.63) is 58.5 Å². The molecule has 0 saturated heterocycles. The smallest absolute Gasteiger partial charge is 0.263 e. The van der Waals surface area contributed by atoms with E-state index < -0.39 is 6.10 Å². The predicted molar refractivity (Wildman–Crippen MR) is 85.4 cm³/mol. The lowest BCUT2D eigenvalue weighted by molar-refractivity contribution is 0.0946. The highest BCUT2D eigenvalue weighted by Crippen LogP contribution is 2.20. The molecule has 0 spiro atoms. The maximum Gasteiger partial charge on any atom is 0.263 e. The first-order valence-electron chi connectivity index (χ1n) is 7.08. The van der Waals surface area contributed by atoms with Crippen molar-refractivity contribution in [3.63, 3.8) is 0 Å². The summed E-state index contributed by atoms with van der Waals surface area (Å²) < 4.78 is 1.45. The Balaban J connectivity index is 1.57. The van der Waals surface area contributed by atoms with Crippen molar-refractivity contribution in [3.8, 4) is 5.69 Å². The number of carbonyl (C=O) groups excluding carboxylic acids is 1. The number of amides is 1. The lowest BCUT2D eigenvalue weighted by Gasteiger charge is -2.11. The Kier molecular flexibility index (Phi) is 4.74. The van der Waals surface area contributed by atoms with Crippen LogP contribution in [-0.2, 0) is 0 Å². The molecular formula is C15H15N5O2S. The molecule has 1 atom stereocenters. The molecule has 2 N–H and O–H groups in total. The number of nitrogens with zero attached hydrogens (tertiary/aromatic N) is 4. The highest BCUT2D eigenvalue weighted by atomic mass is 32.1. The number of tetrazole rings is 1. The molecule has 1 amide bonds. The van der Waals surface area contributed by atoms with Crippen molar-refractivity contribution in [2.24, 2.45) is 0 Å². The lowest BCUT2D eigenvalue weighted by Crippen LogP contribution is -2.25. The predicted octanol–water partition coefficient (Wildman–Crippen LogP) is 1.58. The Morgan fingerprint density at radius 2 is 2.13 bits per heavy atom. The van der Waals surface area contributed by atoms with Gasteiger partial charge >= 0.3 is 0 Å². The largest absolute Gasteiger partial charge is 0.388 e. The van der Waals surface area contributed by atoms with Gasteiger partial charge in [-0.25, -0.2) is 0 Å². The summed E-state index contributed by atoms with van der Waals surface area (Å²) in [6.07, 6.45) is 1.29. The molecule has 1 aromatic carbocycles. The Morgan fingerprint density at radius 3 is 2.87 bits per heavy atom. The number of thiophene rings is 1. The molecule has 8 heteroatoms. The molecular weight excluding hydrogens is 314 g/mol. The van der Waals surface area contributed by atoms with Gasteiger partial charge in [0.2, 0.25) is 0 Å². The first kappa shape index (κ1) is 15.3. The van der Waals surface area contributed by atoms with E-state index in [1.807, 2.05) is 35.7 Å². The number of rotatable bonds is 6. The van der Waals surface area contributed by atoms with Gasteiger partial charge in [-0.05, 0) is 33.9 Å². The second-order valence-electron chi connectivity index (χ2n) is 4.86. The summed E-state index contributed by atoms with van der Waals surface area (Å²) in [6.45, 7) is 0.377. The van der Waals surface area contributed by atoms with Crippen LogP contribution in [0.3, 0.4) is 0 Å². The highest BCUT2D eigenvalue weighted by molar-refractivity contribution is 7.12. The SMILES string of the molecule is O=C(NCCC(O)c1ccccc1)c1sccc1-n1cnnn1. The van der Waals surface area contributed by atoms with Crippen molar-refractivity contribution < 1.29 is 9.90 Å². The number of aliphatic hydroxyl groups is 1. The van der Waals surface area contributed by atoms with Crippen molar-refractivity contribution in [1.82, 2.24) is 25.5 Å². The number of benzene rings is 1. The summed E-state index contributed by atoms with van der Waals surface area (Å²) in [5.41, 5.74) is 1.48. The minimum atomic E-state index is -0.598. The van der Waals surface area contributed by atoms with Crippen LogP contribution in [0.15, 0.2) is 48.1 Å². The van der Waals surface area contributed by atoms with E-state index in [9.17, 15) is 9.90 Å². The topological polar surface area (TPSA) is 92.9 Å². The van der Waals surface area contributed by atoms with Gasteiger partial charge in [0, 0.05) is 6.54 Å². The van der Waals surface area contributed by atoms with E-state index >= 15 is 0 Å². The second-order valence-corrected chi connectivity index (χ2v) is 5.78. The Hall–Kier alpha value is -2.58. The number of aromatic nitrogens is 4. The average Bonchev–Trinajstić information content (AvgIpc) is 3.26. The van der Waals surface area contributed by atoms with E-state index in [0.29, 0.717) is 23.5 Å². The van der Waals surface area contributed by atoms with Crippen LogP contribution in [-0.4, -0.2) is 37.8 Å². The molecule has 3 rings (SSSR count). The van der Waals surface area contributed by atoms with E-state index in [4.69, 9.17) is 0 Å². The molecule has 0 saturated carbocycles. The summed E-state index contributed by atoms with van der Waals surface area (Å²) in [6, 6.07) is 11.2. The quantitative estimate of drug-likeness (QED) is 0.716. The molecule has 7 nitrogen and oxygen atoms in total. The first-order valence-corrected chi connectivity index (χ1v) is 7.95. The number of hydrogen-bond acceptors (Lipinski definition) is 6. The number of carbonyl (C=O) groups is 1. The van der Waals surface area contributed by atoms with Crippen molar-refractivity contribution in [2.75, 3.05) is 6.54 Å². The van der Waals surface area contributed by atoms with E-state index in [1.54, 1.807) is 6.07 Å². The van der Waals surface area contributed by atoms with Crippen LogP contribution >= 0.6 is 11.3 Å². The van der Waals surface area contributed by atoms with Crippen molar-refractivity contribution in [1.29, 1.82) is 0 Å². The third kappa shape index (κ3) is 3.61.